The number of anilines is 2. The van der Waals surface area contributed by atoms with Crippen molar-refractivity contribution in [2.24, 2.45) is 0 Å². The smallest absolute Gasteiger partial charge is 0.224 e. The molecule has 0 aliphatic heterocycles. The lowest BCUT2D eigenvalue weighted by molar-refractivity contribution is -0.314. The van der Waals surface area contributed by atoms with E-state index >= 15 is 0 Å². The number of benzene rings is 2. The van der Waals surface area contributed by atoms with Gasteiger partial charge in [0.15, 0.2) is 5.13 Å². The van der Waals surface area contributed by atoms with Crippen molar-refractivity contribution in [1.29, 1.82) is 0 Å². The van der Waals surface area contributed by atoms with E-state index in [0.717, 1.165) is 16.1 Å². The molecular weight excluding hydrogens is 433 g/mol. The first-order valence-corrected chi connectivity index (χ1v) is 11.5. The summed E-state index contributed by atoms with van der Waals surface area (Å²) in [6.07, 6.45) is 0.133. The van der Waals surface area contributed by atoms with Crippen LogP contribution in [0.4, 0.5) is 10.8 Å². The van der Waals surface area contributed by atoms with Gasteiger partial charge in [0.1, 0.15) is 0 Å². The SMILES string of the molecule is Nc1nc(-c2ccc(Cl)cc2)c(CCC(=O)Nc2ccc(CP(=O)([O-])[O-])cc2)s1. The number of rotatable bonds is 7. The third-order valence-electron chi connectivity index (χ3n) is 4.02. The standard InChI is InChI=1S/C19H19ClN3O4PS/c20-14-5-3-13(4-6-14)18-16(29-19(21)23-18)9-10-17(24)22-15-7-1-12(2-8-15)11-28(25,26)27/h1-8H,9-11H2,(H2,21,23)(H,22,24)(H2,25,26,27)/p-2. The summed E-state index contributed by atoms with van der Waals surface area (Å²) >= 11 is 7.26. The first-order chi connectivity index (χ1) is 13.7. The van der Waals surface area contributed by atoms with E-state index < -0.39 is 13.8 Å². The Morgan fingerprint density at radius 1 is 1.14 bits per heavy atom. The van der Waals surface area contributed by atoms with Gasteiger partial charge in [-0.1, -0.05) is 43.5 Å². The molecule has 0 aliphatic rings. The molecule has 0 aliphatic carbocycles. The third-order valence-corrected chi connectivity index (χ3v) is 5.97. The highest BCUT2D eigenvalue weighted by Gasteiger charge is 2.14. The zero-order valence-electron chi connectivity index (χ0n) is 15.1. The fourth-order valence-corrected chi connectivity index (χ4v) is 4.38. The minimum atomic E-state index is -4.62. The molecule has 0 saturated carbocycles. The van der Waals surface area contributed by atoms with Gasteiger partial charge < -0.3 is 25.4 Å². The normalized spacial score (nSPS) is 11.4. The predicted molar refractivity (Wildman–Crippen MR) is 112 cm³/mol. The number of carbonyl (C=O) groups excluding carboxylic acids is 1. The van der Waals surface area contributed by atoms with Crippen LogP contribution in [-0.4, -0.2) is 10.9 Å². The molecule has 10 heteroatoms. The second-order valence-electron chi connectivity index (χ2n) is 6.34. The third kappa shape index (κ3) is 6.39. The van der Waals surface area contributed by atoms with Gasteiger partial charge in [-0.2, -0.15) is 0 Å². The van der Waals surface area contributed by atoms with Gasteiger partial charge in [0.25, 0.3) is 0 Å². The number of nitrogens with zero attached hydrogens (tertiary/aromatic N) is 1. The molecule has 0 unspecified atom stereocenters. The monoisotopic (exact) mass is 449 g/mol. The van der Waals surface area contributed by atoms with Crippen molar-refractivity contribution in [3.63, 3.8) is 0 Å². The van der Waals surface area contributed by atoms with Gasteiger partial charge in [0, 0.05) is 33.7 Å². The minimum absolute atomic E-state index is 0.204. The Hall–Kier alpha value is -2.22. The number of halogens is 1. The van der Waals surface area contributed by atoms with Crippen LogP contribution >= 0.6 is 30.5 Å². The summed E-state index contributed by atoms with van der Waals surface area (Å²) in [6.45, 7) is 0. The Balaban J connectivity index is 1.61. The summed E-state index contributed by atoms with van der Waals surface area (Å²) in [6, 6.07) is 13.4. The van der Waals surface area contributed by atoms with Crippen LogP contribution in [0.25, 0.3) is 11.3 Å². The number of aryl methyl sites for hydroxylation is 1. The number of nitrogens with two attached hydrogens (primary N) is 1. The highest BCUT2D eigenvalue weighted by molar-refractivity contribution is 7.47. The van der Waals surface area contributed by atoms with Crippen molar-refractivity contribution in [1.82, 2.24) is 4.98 Å². The maximum Gasteiger partial charge on any atom is 0.224 e. The number of aromatic nitrogens is 1. The molecule has 3 aromatic rings. The predicted octanol–water partition coefficient (Wildman–Crippen LogP) is 3.03. The van der Waals surface area contributed by atoms with Crippen molar-refractivity contribution in [2.45, 2.75) is 19.0 Å². The van der Waals surface area contributed by atoms with E-state index in [1.54, 1.807) is 24.3 Å². The summed E-state index contributed by atoms with van der Waals surface area (Å²) in [5.74, 6) is -0.204. The first-order valence-electron chi connectivity index (χ1n) is 8.60. The lowest BCUT2D eigenvalue weighted by Gasteiger charge is -2.29. The molecule has 7 nitrogen and oxygen atoms in total. The van der Waals surface area contributed by atoms with E-state index in [2.05, 4.69) is 10.3 Å². The number of amides is 1. The largest absolute Gasteiger partial charge is 0.810 e. The van der Waals surface area contributed by atoms with Gasteiger partial charge in [-0.15, -0.1) is 11.3 Å². The highest BCUT2D eigenvalue weighted by Crippen LogP contribution is 2.32. The van der Waals surface area contributed by atoms with E-state index in [0.29, 0.717) is 27.8 Å². The van der Waals surface area contributed by atoms with Crippen molar-refractivity contribution in [2.75, 3.05) is 11.1 Å². The zero-order chi connectivity index (χ0) is 21.0. The van der Waals surface area contributed by atoms with Crippen LogP contribution in [0.5, 0.6) is 0 Å². The molecule has 152 valence electrons. The molecule has 0 radical (unpaired) electrons. The average Bonchev–Trinajstić information content (AvgIpc) is 3.02. The molecule has 1 heterocycles. The van der Waals surface area contributed by atoms with Gasteiger partial charge >= 0.3 is 0 Å². The molecule has 29 heavy (non-hydrogen) atoms. The molecule has 1 amide bonds. The van der Waals surface area contributed by atoms with Crippen LogP contribution in [0.3, 0.4) is 0 Å². The second kappa shape index (κ2) is 9.07. The Kier molecular flexibility index (Phi) is 6.72. The summed E-state index contributed by atoms with van der Waals surface area (Å²) < 4.78 is 10.8. The quantitative estimate of drug-likeness (QED) is 0.533. The Morgan fingerprint density at radius 2 is 1.79 bits per heavy atom. The van der Waals surface area contributed by atoms with Crippen LogP contribution in [0.2, 0.25) is 5.02 Å². The molecule has 2 aromatic carbocycles. The highest BCUT2D eigenvalue weighted by atomic mass is 35.5. The molecular formula is C19H17ClN3O4PS-2. The summed E-state index contributed by atoms with van der Waals surface area (Å²) in [7, 11) is -4.62. The molecule has 0 fully saturated rings. The minimum Gasteiger partial charge on any atom is -0.810 e. The van der Waals surface area contributed by atoms with E-state index in [4.69, 9.17) is 17.3 Å². The van der Waals surface area contributed by atoms with Crippen molar-refractivity contribution < 1.29 is 19.1 Å². The van der Waals surface area contributed by atoms with E-state index in [-0.39, 0.29) is 12.3 Å². The van der Waals surface area contributed by atoms with Crippen LogP contribution in [0.1, 0.15) is 16.9 Å². The number of hydrogen-bond acceptors (Lipinski definition) is 7. The Morgan fingerprint density at radius 3 is 2.41 bits per heavy atom. The van der Waals surface area contributed by atoms with Gasteiger partial charge in [0.05, 0.1) is 5.69 Å². The fourth-order valence-electron chi connectivity index (χ4n) is 2.74. The van der Waals surface area contributed by atoms with Crippen molar-refractivity contribution in [3.8, 4) is 11.3 Å². The number of nitrogens with one attached hydrogen (secondary N) is 1. The van der Waals surface area contributed by atoms with Gasteiger partial charge in [-0.25, -0.2) is 4.98 Å². The van der Waals surface area contributed by atoms with E-state index in [1.165, 1.54) is 23.5 Å². The Labute approximate surface area is 176 Å². The number of hydrogen-bond donors (Lipinski definition) is 2. The maximum atomic E-state index is 12.3. The van der Waals surface area contributed by atoms with Gasteiger partial charge in [-0.05, 0) is 36.2 Å². The average molecular weight is 450 g/mol. The summed E-state index contributed by atoms with van der Waals surface area (Å²) in [5.41, 5.74) is 8.36. The molecule has 3 rings (SSSR count). The van der Waals surface area contributed by atoms with Gasteiger partial charge in [-0.3, -0.25) is 4.79 Å². The molecule has 0 atom stereocenters. The summed E-state index contributed by atoms with van der Waals surface area (Å²) in [4.78, 5) is 39.2. The van der Waals surface area contributed by atoms with E-state index in [9.17, 15) is 19.1 Å². The van der Waals surface area contributed by atoms with Crippen molar-refractivity contribution in [3.05, 3.63) is 64.0 Å². The number of thiazole rings is 1. The number of nitrogen functional groups attached to an aromatic ring is 1. The molecule has 1 aromatic heterocycles. The zero-order valence-corrected chi connectivity index (χ0v) is 17.6. The van der Waals surface area contributed by atoms with Crippen LogP contribution in [-0.2, 0) is 21.9 Å². The number of carbonyl (C=O) groups is 1. The molecule has 3 N–H and O–H groups in total. The fraction of sp³-hybridized carbons (Fsp3) is 0.158. The van der Waals surface area contributed by atoms with Crippen LogP contribution < -0.4 is 20.8 Å². The summed E-state index contributed by atoms with van der Waals surface area (Å²) in [5, 5.41) is 3.80. The maximum absolute atomic E-state index is 12.3. The lowest BCUT2D eigenvalue weighted by atomic mass is 10.1. The van der Waals surface area contributed by atoms with Gasteiger partial charge in [0.2, 0.25) is 5.91 Å². The molecule has 0 spiro atoms. The van der Waals surface area contributed by atoms with Crippen LogP contribution in [0.15, 0.2) is 48.5 Å². The second-order valence-corrected chi connectivity index (χ2v) is 9.43. The topological polar surface area (TPSA) is 131 Å². The Bertz CT molecular complexity index is 1050. The van der Waals surface area contributed by atoms with E-state index in [1.807, 2.05) is 12.1 Å². The van der Waals surface area contributed by atoms with Crippen molar-refractivity contribution >= 4 is 47.3 Å². The first kappa shape index (κ1) is 21.5. The lowest BCUT2D eigenvalue weighted by Crippen LogP contribution is -2.15. The molecule has 0 bridgehead atoms. The molecule has 0 saturated heterocycles. The van der Waals surface area contributed by atoms with Crippen LogP contribution in [0, 0.1) is 0 Å².